The summed E-state index contributed by atoms with van der Waals surface area (Å²) in [5, 5.41) is 2.85. The Morgan fingerprint density at radius 3 is 2.36 bits per heavy atom. The van der Waals surface area contributed by atoms with Gasteiger partial charge in [-0.2, -0.15) is 0 Å². The van der Waals surface area contributed by atoms with Gasteiger partial charge >= 0.3 is 0 Å². The van der Waals surface area contributed by atoms with Gasteiger partial charge in [-0.25, -0.2) is 12.7 Å². The summed E-state index contributed by atoms with van der Waals surface area (Å²) >= 11 is 0. The second-order valence-corrected chi connectivity index (χ2v) is 8.31. The summed E-state index contributed by atoms with van der Waals surface area (Å²) in [7, 11) is 0.511. The number of carbonyl (C=O) groups is 1. The van der Waals surface area contributed by atoms with E-state index in [2.05, 4.69) is 5.32 Å². The third-order valence-electron chi connectivity index (χ3n) is 3.56. The fraction of sp³-hybridized carbons (Fsp3) is 0.562. The van der Waals surface area contributed by atoms with Gasteiger partial charge in [-0.15, -0.1) is 12.4 Å². The second-order valence-electron chi connectivity index (χ2n) is 6.19. The lowest BCUT2D eigenvalue weighted by atomic mass is 10.0. The van der Waals surface area contributed by atoms with Crippen LogP contribution in [0.2, 0.25) is 0 Å². The molecule has 144 valence electrons. The van der Waals surface area contributed by atoms with Gasteiger partial charge in [0.2, 0.25) is 10.0 Å². The van der Waals surface area contributed by atoms with Crippen LogP contribution in [0.25, 0.3) is 0 Å². The highest BCUT2D eigenvalue weighted by Gasteiger charge is 2.24. The molecule has 25 heavy (non-hydrogen) atoms. The smallest absolute Gasteiger partial charge is 0.251 e. The lowest BCUT2D eigenvalue weighted by Gasteiger charge is -2.20. The molecule has 0 fully saturated rings. The molecule has 0 aliphatic rings. The lowest BCUT2D eigenvalue weighted by molar-refractivity contribution is 0.0933. The first-order valence-corrected chi connectivity index (χ1v) is 9.19. The maximum Gasteiger partial charge on any atom is 0.251 e. The Morgan fingerprint density at radius 2 is 1.92 bits per heavy atom. The van der Waals surface area contributed by atoms with Crippen LogP contribution >= 0.6 is 12.4 Å². The van der Waals surface area contributed by atoms with E-state index in [9.17, 15) is 13.2 Å². The maximum absolute atomic E-state index is 12.4. The van der Waals surface area contributed by atoms with Crippen LogP contribution in [0.15, 0.2) is 23.1 Å². The average molecular weight is 394 g/mol. The highest BCUT2D eigenvalue weighted by Crippen LogP contribution is 2.27. The topological polar surface area (TPSA) is 102 Å². The van der Waals surface area contributed by atoms with E-state index in [1.165, 1.54) is 39.4 Å². The van der Waals surface area contributed by atoms with Crippen molar-refractivity contribution >= 4 is 28.3 Å². The van der Waals surface area contributed by atoms with Crippen LogP contribution in [0.3, 0.4) is 0 Å². The minimum Gasteiger partial charge on any atom is -0.495 e. The summed E-state index contributed by atoms with van der Waals surface area (Å²) in [4.78, 5) is 12.4. The quantitative estimate of drug-likeness (QED) is 0.696. The second kappa shape index (κ2) is 9.96. The molecule has 0 radical (unpaired) electrons. The Labute approximate surface area is 156 Å². The van der Waals surface area contributed by atoms with Crippen LogP contribution in [0.5, 0.6) is 5.75 Å². The Bertz CT molecular complexity index is 678. The number of nitrogens with zero attached hydrogens (tertiary/aromatic N) is 1. The van der Waals surface area contributed by atoms with Crippen LogP contribution in [-0.2, 0) is 10.0 Å². The van der Waals surface area contributed by atoms with E-state index in [1.807, 2.05) is 13.8 Å². The molecule has 0 saturated heterocycles. The Balaban J connectivity index is 0.00000576. The molecule has 3 N–H and O–H groups in total. The predicted molar refractivity (Wildman–Crippen MR) is 101 cm³/mol. The molecule has 0 saturated carbocycles. The Morgan fingerprint density at radius 1 is 1.32 bits per heavy atom. The molecule has 0 bridgehead atoms. The van der Waals surface area contributed by atoms with Gasteiger partial charge < -0.3 is 15.8 Å². The molecule has 1 amide bonds. The van der Waals surface area contributed by atoms with E-state index in [-0.39, 0.29) is 40.6 Å². The third kappa shape index (κ3) is 6.14. The zero-order valence-electron chi connectivity index (χ0n) is 15.3. The number of nitrogens with two attached hydrogens (primary N) is 1. The number of hydrogen-bond acceptors (Lipinski definition) is 5. The van der Waals surface area contributed by atoms with Crippen LogP contribution in [0, 0.1) is 5.92 Å². The van der Waals surface area contributed by atoms with Crippen LogP contribution in [-0.4, -0.2) is 52.4 Å². The van der Waals surface area contributed by atoms with Crippen LogP contribution < -0.4 is 15.8 Å². The molecule has 1 aromatic carbocycles. The number of ether oxygens (including phenoxy) is 1. The van der Waals surface area contributed by atoms with Crippen molar-refractivity contribution in [1.82, 2.24) is 9.62 Å². The maximum atomic E-state index is 12.4. The average Bonchev–Trinajstić information content (AvgIpc) is 2.52. The third-order valence-corrected chi connectivity index (χ3v) is 5.40. The van der Waals surface area contributed by atoms with E-state index in [1.54, 1.807) is 0 Å². The Hall–Kier alpha value is -1.35. The van der Waals surface area contributed by atoms with Crippen molar-refractivity contribution in [1.29, 1.82) is 0 Å². The normalized spacial score (nSPS) is 12.6. The number of rotatable bonds is 8. The van der Waals surface area contributed by atoms with Gasteiger partial charge in [0.15, 0.2) is 0 Å². The standard InChI is InChI=1S/C16H27N3O4S.ClH/c1-11(2)8-13(10-17)18-16(20)12-6-7-14(23-5)15(9-12)24(21,22)19(3)4;/h6-7,9,11,13H,8,10,17H2,1-5H3,(H,18,20);1H. The van der Waals surface area contributed by atoms with E-state index in [0.29, 0.717) is 12.5 Å². The molecule has 0 spiro atoms. The van der Waals surface area contributed by atoms with Gasteiger partial charge in [0.1, 0.15) is 10.6 Å². The van der Waals surface area contributed by atoms with Gasteiger partial charge in [-0.1, -0.05) is 13.8 Å². The van der Waals surface area contributed by atoms with Crippen LogP contribution in [0.4, 0.5) is 0 Å². The van der Waals surface area contributed by atoms with Crippen molar-refractivity contribution in [3.05, 3.63) is 23.8 Å². The molecule has 0 aromatic heterocycles. The summed E-state index contributed by atoms with van der Waals surface area (Å²) in [6.07, 6.45) is 0.751. The van der Waals surface area contributed by atoms with E-state index < -0.39 is 10.0 Å². The summed E-state index contributed by atoms with van der Waals surface area (Å²) < 4.78 is 31.0. The number of halogens is 1. The molecule has 1 rings (SSSR count). The van der Waals surface area contributed by atoms with Crippen molar-refractivity contribution < 1.29 is 17.9 Å². The van der Waals surface area contributed by atoms with Crippen molar-refractivity contribution in [3.8, 4) is 5.75 Å². The lowest BCUT2D eigenvalue weighted by Crippen LogP contribution is -2.41. The van der Waals surface area contributed by atoms with E-state index >= 15 is 0 Å². The highest BCUT2D eigenvalue weighted by molar-refractivity contribution is 7.89. The Kier molecular flexibility index (Phi) is 9.42. The fourth-order valence-corrected chi connectivity index (χ4v) is 3.34. The molecular weight excluding hydrogens is 366 g/mol. The van der Waals surface area contributed by atoms with Gasteiger partial charge in [0.25, 0.3) is 5.91 Å². The minimum atomic E-state index is -3.73. The number of methoxy groups -OCH3 is 1. The molecule has 0 aliphatic heterocycles. The van der Waals surface area contributed by atoms with Crippen LogP contribution in [0.1, 0.15) is 30.6 Å². The van der Waals surface area contributed by atoms with Gasteiger partial charge in [0.05, 0.1) is 7.11 Å². The zero-order valence-corrected chi connectivity index (χ0v) is 16.9. The number of amides is 1. The molecule has 0 heterocycles. The van der Waals surface area contributed by atoms with Gasteiger partial charge in [0, 0.05) is 32.2 Å². The SMILES string of the molecule is COc1ccc(C(=O)NC(CN)CC(C)C)cc1S(=O)(=O)N(C)C.Cl. The fourth-order valence-electron chi connectivity index (χ4n) is 2.27. The molecule has 1 unspecified atom stereocenters. The molecule has 9 heteroatoms. The first kappa shape index (κ1) is 23.6. The number of hydrogen-bond donors (Lipinski definition) is 2. The molecule has 1 aromatic rings. The largest absolute Gasteiger partial charge is 0.495 e. The van der Waals surface area contributed by atoms with Gasteiger partial charge in [-0.3, -0.25) is 4.79 Å². The number of sulfonamides is 1. The molecular formula is C16H28ClN3O4S. The molecule has 0 aliphatic carbocycles. The van der Waals surface area contributed by atoms with Crippen molar-refractivity contribution in [3.63, 3.8) is 0 Å². The van der Waals surface area contributed by atoms with E-state index in [0.717, 1.165) is 10.7 Å². The summed E-state index contributed by atoms with van der Waals surface area (Å²) in [6, 6.07) is 4.18. The number of carbonyl (C=O) groups excluding carboxylic acids is 1. The van der Waals surface area contributed by atoms with Crippen molar-refractivity contribution in [2.75, 3.05) is 27.7 Å². The van der Waals surface area contributed by atoms with Crippen molar-refractivity contribution in [2.24, 2.45) is 11.7 Å². The minimum absolute atomic E-state index is 0. The number of nitrogens with one attached hydrogen (secondary N) is 1. The first-order chi connectivity index (χ1) is 11.1. The van der Waals surface area contributed by atoms with Gasteiger partial charge in [-0.05, 0) is 30.5 Å². The van der Waals surface area contributed by atoms with E-state index in [4.69, 9.17) is 10.5 Å². The predicted octanol–water partition coefficient (Wildman–Crippen LogP) is 1.47. The molecule has 7 nitrogen and oxygen atoms in total. The highest BCUT2D eigenvalue weighted by atomic mass is 35.5. The van der Waals surface area contributed by atoms with Crippen molar-refractivity contribution in [2.45, 2.75) is 31.2 Å². The molecule has 1 atom stereocenters. The summed E-state index contributed by atoms with van der Waals surface area (Å²) in [5.74, 6) is 0.223. The number of benzene rings is 1. The monoisotopic (exact) mass is 393 g/mol. The summed E-state index contributed by atoms with van der Waals surface area (Å²) in [6.45, 7) is 4.41. The first-order valence-electron chi connectivity index (χ1n) is 7.75. The summed E-state index contributed by atoms with van der Waals surface area (Å²) in [5.41, 5.74) is 5.94. The zero-order chi connectivity index (χ0) is 18.5.